The molecule has 1 heterocycles. The Bertz CT molecular complexity index is 637. The van der Waals surface area contributed by atoms with Gasteiger partial charge >= 0.3 is 0 Å². The summed E-state index contributed by atoms with van der Waals surface area (Å²) in [5.41, 5.74) is 1.42. The zero-order valence-corrected chi connectivity index (χ0v) is 11.6. The van der Waals surface area contributed by atoms with Crippen molar-refractivity contribution in [1.82, 2.24) is 4.98 Å². The molecule has 6 heteroatoms. The van der Waals surface area contributed by atoms with E-state index in [1.54, 1.807) is 0 Å². The fraction of sp³-hybridized carbons (Fsp3) is 0.231. The molecule has 0 radical (unpaired) electrons. The maximum absolute atomic E-state index is 13.1. The Hall–Kier alpha value is -1.40. The number of hydrogen-bond acceptors (Lipinski definition) is 4. The minimum atomic E-state index is -0.440. The maximum Gasteiger partial charge on any atom is 0.257 e. The minimum Gasteiger partial charge on any atom is -0.298 e. The van der Waals surface area contributed by atoms with E-state index in [4.69, 9.17) is 0 Å². The molecule has 0 spiro atoms. The SMILES string of the molecule is O=C(Nc1nc(C2CC2)cs1)c1ccc(F)c(S)c1. The van der Waals surface area contributed by atoms with Crippen molar-refractivity contribution in [3.8, 4) is 0 Å². The van der Waals surface area contributed by atoms with Crippen molar-refractivity contribution in [2.45, 2.75) is 23.7 Å². The molecule has 1 fully saturated rings. The molecular formula is C13H11FN2OS2. The molecule has 1 aliphatic carbocycles. The van der Waals surface area contributed by atoms with E-state index in [9.17, 15) is 9.18 Å². The van der Waals surface area contributed by atoms with E-state index in [0.717, 1.165) is 5.69 Å². The molecule has 1 aromatic heterocycles. The number of anilines is 1. The third-order valence-electron chi connectivity index (χ3n) is 2.95. The van der Waals surface area contributed by atoms with Crippen molar-refractivity contribution < 1.29 is 9.18 Å². The lowest BCUT2D eigenvalue weighted by Crippen LogP contribution is -2.11. The number of carbonyl (C=O) groups is 1. The second-order valence-corrected chi connectivity index (χ2v) is 5.81. The number of thiazole rings is 1. The van der Waals surface area contributed by atoms with Crippen molar-refractivity contribution in [3.05, 3.63) is 40.7 Å². The Balaban J connectivity index is 1.74. The van der Waals surface area contributed by atoms with E-state index in [-0.39, 0.29) is 10.8 Å². The van der Waals surface area contributed by atoms with Gasteiger partial charge in [-0.3, -0.25) is 10.1 Å². The molecule has 3 rings (SSSR count). The molecule has 0 atom stereocenters. The second-order valence-electron chi connectivity index (χ2n) is 4.47. The van der Waals surface area contributed by atoms with Gasteiger partial charge < -0.3 is 0 Å². The summed E-state index contributed by atoms with van der Waals surface area (Å²) < 4.78 is 13.1. The van der Waals surface area contributed by atoms with Gasteiger partial charge in [-0.1, -0.05) is 0 Å². The minimum absolute atomic E-state index is 0.158. The lowest BCUT2D eigenvalue weighted by Gasteiger charge is -2.03. The Labute approximate surface area is 119 Å². The highest BCUT2D eigenvalue weighted by atomic mass is 32.1. The van der Waals surface area contributed by atoms with Gasteiger partial charge in [0.05, 0.1) is 5.69 Å². The first kappa shape index (κ1) is 12.6. The molecule has 0 aliphatic heterocycles. The average Bonchev–Trinajstić information content (AvgIpc) is 3.14. The van der Waals surface area contributed by atoms with Crippen molar-refractivity contribution in [3.63, 3.8) is 0 Å². The summed E-state index contributed by atoms with van der Waals surface area (Å²) in [6, 6.07) is 4.07. The number of benzene rings is 1. The standard InChI is InChI=1S/C13H11FN2OS2/c14-9-4-3-8(5-11(9)18)12(17)16-13-15-10(6-19-13)7-1-2-7/h3-7,18H,1-2H2,(H,15,16,17). The van der Waals surface area contributed by atoms with Crippen molar-refractivity contribution in [1.29, 1.82) is 0 Å². The topological polar surface area (TPSA) is 42.0 Å². The molecular weight excluding hydrogens is 283 g/mol. The molecule has 1 saturated carbocycles. The summed E-state index contributed by atoms with van der Waals surface area (Å²) in [6.45, 7) is 0. The third-order valence-corrected chi connectivity index (χ3v) is 4.07. The van der Waals surface area contributed by atoms with Crippen LogP contribution in [0.4, 0.5) is 9.52 Å². The van der Waals surface area contributed by atoms with Crippen LogP contribution in [0.3, 0.4) is 0 Å². The normalized spacial score (nSPS) is 14.4. The summed E-state index contributed by atoms with van der Waals surface area (Å²) in [5, 5.41) is 5.27. The number of thiol groups is 1. The summed E-state index contributed by atoms with van der Waals surface area (Å²) in [5.74, 6) is -0.172. The lowest BCUT2D eigenvalue weighted by molar-refractivity contribution is 0.102. The molecule has 1 aromatic carbocycles. The summed E-state index contributed by atoms with van der Waals surface area (Å²) >= 11 is 5.37. The molecule has 0 bridgehead atoms. The van der Waals surface area contributed by atoms with E-state index in [1.165, 1.54) is 42.4 Å². The third kappa shape index (κ3) is 2.79. The zero-order valence-electron chi connectivity index (χ0n) is 9.89. The van der Waals surface area contributed by atoms with Gasteiger partial charge in [-0.15, -0.1) is 24.0 Å². The van der Waals surface area contributed by atoms with Gasteiger partial charge in [0, 0.05) is 21.8 Å². The number of aromatic nitrogens is 1. The largest absolute Gasteiger partial charge is 0.298 e. The van der Waals surface area contributed by atoms with Crippen LogP contribution in [-0.4, -0.2) is 10.9 Å². The number of nitrogens with zero attached hydrogens (tertiary/aromatic N) is 1. The van der Waals surface area contributed by atoms with Gasteiger partial charge in [0.25, 0.3) is 5.91 Å². The fourth-order valence-corrected chi connectivity index (χ4v) is 2.73. The maximum atomic E-state index is 13.1. The number of nitrogens with one attached hydrogen (secondary N) is 1. The number of hydrogen-bond donors (Lipinski definition) is 2. The van der Waals surface area contributed by atoms with Crippen LogP contribution >= 0.6 is 24.0 Å². The van der Waals surface area contributed by atoms with E-state index in [1.807, 2.05) is 5.38 Å². The van der Waals surface area contributed by atoms with E-state index < -0.39 is 5.82 Å². The summed E-state index contributed by atoms with van der Waals surface area (Å²) in [6.07, 6.45) is 2.36. The predicted molar refractivity (Wildman–Crippen MR) is 75.7 cm³/mol. The Morgan fingerprint density at radius 1 is 1.47 bits per heavy atom. The first-order chi connectivity index (χ1) is 9.13. The molecule has 98 valence electrons. The summed E-state index contributed by atoms with van der Waals surface area (Å²) in [4.78, 5) is 16.5. The molecule has 1 N–H and O–H groups in total. The monoisotopic (exact) mass is 294 g/mol. The highest BCUT2D eigenvalue weighted by molar-refractivity contribution is 7.80. The zero-order chi connectivity index (χ0) is 13.4. The number of halogens is 1. The first-order valence-corrected chi connectivity index (χ1v) is 7.21. The van der Waals surface area contributed by atoms with Crippen LogP contribution in [-0.2, 0) is 0 Å². The Morgan fingerprint density at radius 2 is 2.26 bits per heavy atom. The number of rotatable bonds is 3. The van der Waals surface area contributed by atoms with Crippen molar-refractivity contribution >= 4 is 35.0 Å². The van der Waals surface area contributed by atoms with Crippen LogP contribution in [0.15, 0.2) is 28.5 Å². The molecule has 19 heavy (non-hydrogen) atoms. The van der Waals surface area contributed by atoms with E-state index in [2.05, 4.69) is 22.9 Å². The Morgan fingerprint density at radius 3 is 2.95 bits per heavy atom. The van der Waals surface area contributed by atoms with Gasteiger partial charge in [0.15, 0.2) is 5.13 Å². The van der Waals surface area contributed by atoms with Crippen molar-refractivity contribution in [2.75, 3.05) is 5.32 Å². The smallest absolute Gasteiger partial charge is 0.257 e. The fourth-order valence-electron chi connectivity index (χ4n) is 1.73. The molecule has 0 saturated heterocycles. The lowest BCUT2D eigenvalue weighted by atomic mass is 10.2. The first-order valence-electron chi connectivity index (χ1n) is 5.89. The summed E-state index contributed by atoms with van der Waals surface area (Å²) in [7, 11) is 0. The highest BCUT2D eigenvalue weighted by Gasteiger charge is 2.26. The molecule has 0 unspecified atom stereocenters. The van der Waals surface area contributed by atoms with Gasteiger partial charge in [-0.25, -0.2) is 9.37 Å². The van der Waals surface area contributed by atoms with Gasteiger partial charge in [0.1, 0.15) is 5.82 Å². The predicted octanol–water partition coefficient (Wildman–Crippen LogP) is 3.70. The molecule has 1 amide bonds. The van der Waals surface area contributed by atoms with Crippen LogP contribution in [0.1, 0.15) is 34.8 Å². The molecule has 3 nitrogen and oxygen atoms in total. The van der Waals surface area contributed by atoms with Crippen LogP contribution in [0, 0.1) is 5.82 Å². The van der Waals surface area contributed by atoms with Crippen molar-refractivity contribution in [2.24, 2.45) is 0 Å². The van der Waals surface area contributed by atoms with E-state index >= 15 is 0 Å². The highest BCUT2D eigenvalue weighted by Crippen LogP contribution is 2.40. The van der Waals surface area contributed by atoms with Crippen LogP contribution < -0.4 is 5.32 Å². The average molecular weight is 294 g/mol. The van der Waals surface area contributed by atoms with Gasteiger partial charge in [0.2, 0.25) is 0 Å². The Kier molecular flexibility index (Phi) is 3.28. The molecule has 1 aliphatic rings. The second kappa shape index (κ2) is 4.94. The number of carbonyl (C=O) groups excluding carboxylic acids is 1. The van der Waals surface area contributed by atoms with E-state index in [0.29, 0.717) is 16.6 Å². The number of amides is 1. The quantitative estimate of drug-likeness (QED) is 0.848. The van der Waals surface area contributed by atoms with Crippen LogP contribution in [0.25, 0.3) is 0 Å². The molecule has 2 aromatic rings. The van der Waals surface area contributed by atoms with Gasteiger partial charge in [-0.2, -0.15) is 0 Å². The van der Waals surface area contributed by atoms with Crippen LogP contribution in [0.5, 0.6) is 0 Å². The van der Waals surface area contributed by atoms with Gasteiger partial charge in [-0.05, 0) is 31.0 Å². The van der Waals surface area contributed by atoms with Crippen LogP contribution in [0.2, 0.25) is 0 Å².